The van der Waals surface area contributed by atoms with E-state index in [0.29, 0.717) is 0 Å². The molecule has 1 aliphatic heterocycles. The molecular formula is C54H34N4. The van der Waals surface area contributed by atoms with Crippen LogP contribution in [-0.4, -0.2) is 15.0 Å². The standard InChI is InChI=1S/C54H34N4/c1-3-13-33(14-4-1)49-41-19-9-11-21-45(41)57-53-43(49)27-23-35-25-31-47(55-51(35)53)39-29-30-40(38-18-8-7-17-37(38)39)48-32-26-36-24-28-44-50(34-15-5-2-6-16-34)42-20-10-12-22-46(42)58-54(44)52(36)56-48/h1-32,47,55H. The van der Waals surface area contributed by atoms with Gasteiger partial charge < -0.3 is 5.32 Å². The van der Waals surface area contributed by atoms with E-state index < -0.39 is 0 Å². The minimum Gasteiger partial charge on any atom is -0.372 e. The Balaban J connectivity index is 0.998. The second-order valence-electron chi connectivity index (χ2n) is 15.1. The average Bonchev–Trinajstić information content (AvgIpc) is 3.30. The first-order valence-electron chi connectivity index (χ1n) is 19.8. The van der Waals surface area contributed by atoms with Gasteiger partial charge in [0.15, 0.2) is 0 Å². The van der Waals surface area contributed by atoms with Crippen molar-refractivity contribution in [3.63, 3.8) is 0 Å². The van der Waals surface area contributed by atoms with Crippen molar-refractivity contribution in [2.45, 2.75) is 6.04 Å². The van der Waals surface area contributed by atoms with Gasteiger partial charge in [-0.1, -0.05) is 176 Å². The van der Waals surface area contributed by atoms with Gasteiger partial charge in [0.2, 0.25) is 0 Å². The second kappa shape index (κ2) is 12.9. The Morgan fingerprint density at radius 2 is 0.966 bits per heavy atom. The molecule has 11 aromatic rings. The number of nitrogens with one attached hydrogen (secondary N) is 1. The molecule has 1 N–H and O–H groups in total. The van der Waals surface area contributed by atoms with Gasteiger partial charge in [-0.25, -0.2) is 15.0 Å². The number of nitrogens with zero attached hydrogens (tertiary/aromatic N) is 3. The van der Waals surface area contributed by atoms with Crippen LogP contribution in [0.4, 0.5) is 5.69 Å². The number of pyridine rings is 3. The number of hydrogen-bond donors (Lipinski definition) is 1. The Labute approximate surface area is 334 Å². The van der Waals surface area contributed by atoms with E-state index in [1.165, 1.54) is 33.2 Å². The van der Waals surface area contributed by atoms with Gasteiger partial charge in [0.25, 0.3) is 0 Å². The van der Waals surface area contributed by atoms with E-state index in [2.05, 4.69) is 199 Å². The van der Waals surface area contributed by atoms with E-state index in [-0.39, 0.29) is 6.04 Å². The first-order valence-corrected chi connectivity index (χ1v) is 19.8. The molecule has 58 heavy (non-hydrogen) atoms. The third-order valence-electron chi connectivity index (χ3n) is 11.9. The van der Waals surface area contributed by atoms with Crippen molar-refractivity contribution in [3.05, 3.63) is 199 Å². The molecule has 270 valence electrons. The summed E-state index contributed by atoms with van der Waals surface area (Å²) in [5.74, 6) is 0. The average molecular weight is 739 g/mol. The molecule has 0 aliphatic carbocycles. The van der Waals surface area contributed by atoms with Crippen LogP contribution >= 0.6 is 0 Å². The molecule has 12 rings (SSSR count). The molecule has 0 bridgehead atoms. The fourth-order valence-corrected chi connectivity index (χ4v) is 9.18. The first kappa shape index (κ1) is 32.5. The SMILES string of the molecule is C1=CC(c2ccc(-c3ccc4ccc5c(-c6ccccc6)c6ccccc6nc5c4n3)c3ccccc23)Nc2c1ccc1c(-c3ccccc3)c3ccccc3nc21. The number of para-hydroxylation sites is 2. The summed E-state index contributed by atoms with van der Waals surface area (Å²) < 4.78 is 0. The van der Waals surface area contributed by atoms with E-state index in [1.807, 2.05) is 0 Å². The van der Waals surface area contributed by atoms with E-state index in [0.717, 1.165) is 82.4 Å². The zero-order chi connectivity index (χ0) is 38.2. The summed E-state index contributed by atoms with van der Waals surface area (Å²) >= 11 is 0. The Morgan fingerprint density at radius 1 is 0.397 bits per heavy atom. The molecule has 0 radical (unpaired) electrons. The summed E-state index contributed by atoms with van der Waals surface area (Å²) in [5.41, 5.74) is 14.9. The fraction of sp³-hybridized carbons (Fsp3) is 0.0185. The lowest BCUT2D eigenvalue weighted by Crippen LogP contribution is -2.13. The van der Waals surface area contributed by atoms with Gasteiger partial charge in [-0.2, -0.15) is 0 Å². The van der Waals surface area contributed by atoms with Crippen LogP contribution in [0.2, 0.25) is 0 Å². The molecule has 3 aromatic heterocycles. The summed E-state index contributed by atoms with van der Waals surface area (Å²) in [6.07, 6.45) is 4.52. The number of fused-ring (bicyclic) bond motifs is 9. The van der Waals surface area contributed by atoms with E-state index in [1.54, 1.807) is 0 Å². The second-order valence-corrected chi connectivity index (χ2v) is 15.1. The smallest absolute Gasteiger partial charge is 0.0978 e. The van der Waals surface area contributed by atoms with Crippen LogP contribution in [0.15, 0.2) is 188 Å². The third-order valence-corrected chi connectivity index (χ3v) is 11.9. The van der Waals surface area contributed by atoms with Crippen molar-refractivity contribution in [2.24, 2.45) is 0 Å². The highest BCUT2D eigenvalue weighted by Gasteiger charge is 2.23. The predicted molar refractivity (Wildman–Crippen MR) is 243 cm³/mol. The van der Waals surface area contributed by atoms with Crippen LogP contribution in [0.5, 0.6) is 0 Å². The monoisotopic (exact) mass is 738 g/mol. The van der Waals surface area contributed by atoms with Gasteiger partial charge in [-0.3, -0.25) is 0 Å². The summed E-state index contributed by atoms with van der Waals surface area (Å²) in [4.78, 5) is 16.0. The zero-order valence-corrected chi connectivity index (χ0v) is 31.4. The first-order chi connectivity index (χ1) is 28.8. The Bertz CT molecular complexity index is 3480. The molecule has 4 heterocycles. The van der Waals surface area contributed by atoms with Crippen LogP contribution in [-0.2, 0) is 0 Å². The lowest BCUT2D eigenvalue weighted by Gasteiger charge is -2.26. The topological polar surface area (TPSA) is 50.7 Å². The molecule has 4 heteroatoms. The van der Waals surface area contributed by atoms with E-state index >= 15 is 0 Å². The van der Waals surface area contributed by atoms with Crippen LogP contribution in [0.25, 0.3) is 105 Å². The summed E-state index contributed by atoms with van der Waals surface area (Å²) in [7, 11) is 0. The lowest BCUT2D eigenvalue weighted by molar-refractivity contribution is 0.993. The highest BCUT2D eigenvalue weighted by atomic mass is 14.9. The number of aromatic nitrogens is 3. The number of rotatable bonds is 4. The molecule has 8 aromatic carbocycles. The van der Waals surface area contributed by atoms with Gasteiger partial charge in [0.05, 0.1) is 45.0 Å². The maximum atomic E-state index is 5.43. The Kier molecular flexibility index (Phi) is 7.26. The van der Waals surface area contributed by atoms with Gasteiger partial charge >= 0.3 is 0 Å². The fourth-order valence-electron chi connectivity index (χ4n) is 9.18. The summed E-state index contributed by atoms with van der Waals surface area (Å²) in [6, 6.07) is 64.5. The molecule has 0 saturated heterocycles. The third kappa shape index (κ3) is 5.05. The van der Waals surface area contributed by atoms with Crippen LogP contribution in [0.1, 0.15) is 17.2 Å². The van der Waals surface area contributed by atoms with Crippen molar-refractivity contribution in [1.82, 2.24) is 15.0 Å². The van der Waals surface area contributed by atoms with Crippen LogP contribution in [0, 0.1) is 0 Å². The maximum Gasteiger partial charge on any atom is 0.0978 e. The van der Waals surface area contributed by atoms with E-state index in [4.69, 9.17) is 15.0 Å². The lowest BCUT2D eigenvalue weighted by atomic mass is 9.90. The van der Waals surface area contributed by atoms with Gasteiger partial charge in [-0.05, 0) is 51.2 Å². The summed E-state index contributed by atoms with van der Waals surface area (Å²) in [5, 5.41) is 11.9. The van der Waals surface area contributed by atoms with Crippen LogP contribution < -0.4 is 5.32 Å². The molecular weight excluding hydrogens is 705 g/mol. The molecule has 4 nitrogen and oxygen atoms in total. The predicted octanol–water partition coefficient (Wildman–Crippen LogP) is 14.0. The van der Waals surface area contributed by atoms with Crippen molar-refractivity contribution < 1.29 is 0 Å². The highest BCUT2D eigenvalue weighted by molar-refractivity contribution is 6.17. The zero-order valence-electron chi connectivity index (χ0n) is 31.4. The Morgan fingerprint density at radius 3 is 1.67 bits per heavy atom. The number of anilines is 1. The molecule has 0 amide bonds. The van der Waals surface area contributed by atoms with Gasteiger partial charge in [-0.15, -0.1) is 0 Å². The van der Waals surface area contributed by atoms with Crippen molar-refractivity contribution >= 4 is 77.1 Å². The summed E-state index contributed by atoms with van der Waals surface area (Å²) in [6.45, 7) is 0. The van der Waals surface area contributed by atoms with Crippen molar-refractivity contribution in [2.75, 3.05) is 5.32 Å². The maximum absolute atomic E-state index is 5.43. The molecule has 0 spiro atoms. The van der Waals surface area contributed by atoms with E-state index in [9.17, 15) is 0 Å². The normalized spacial score (nSPS) is 13.8. The molecule has 0 fully saturated rings. The minimum atomic E-state index is -0.0621. The molecule has 0 saturated carbocycles. The van der Waals surface area contributed by atoms with Gasteiger partial charge in [0, 0.05) is 43.6 Å². The molecule has 1 aliphatic rings. The van der Waals surface area contributed by atoms with Crippen LogP contribution in [0.3, 0.4) is 0 Å². The quantitative estimate of drug-likeness (QED) is 0.144. The largest absolute Gasteiger partial charge is 0.372 e. The molecule has 1 atom stereocenters. The van der Waals surface area contributed by atoms with Crippen molar-refractivity contribution in [1.29, 1.82) is 0 Å². The minimum absolute atomic E-state index is 0.0621. The Hall–Kier alpha value is -7.69. The molecule has 1 unspecified atom stereocenters. The van der Waals surface area contributed by atoms with Gasteiger partial charge in [0.1, 0.15) is 0 Å². The number of benzene rings is 8. The highest BCUT2D eigenvalue weighted by Crippen LogP contribution is 2.44. The van der Waals surface area contributed by atoms with Crippen molar-refractivity contribution in [3.8, 4) is 33.5 Å². The number of hydrogen-bond acceptors (Lipinski definition) is 4.